The van der Waals surface area contributed by atoms with Gasteiger partial charge in [-0.25, -0.2) is 0 Å². The second-order valence-electron chi connectivity index (χ2n) is 4.35. The molecule has 2 unspecified atom stereocenters. The molecule has 1 heterocycles. The molecule has 0 saturated heterocycles. The lowest BCUT2D eigenvalue weighted by Crippen LogP contribution is -2.39. The van der Waals surface area contributed by atoms with Gasteiger partial charge >= 0.3 is 0 Å². The summed E-state index contributed by atoms with van der Waals surface area (Å²) >= 11 is 0. The van der Waals surface area contributed by atoms with E-state index in [2.05, 4.69) is 36.5 Å². The van der Waals surface area contributed by atoms with E-state index in [0.29, 0.717) is 12.1 Å². The minimum Gasteiger partial charge on any atom is -0.315 e. The van der Waals surface area contributed by atoms with Crippen LogP contribution in [-0.4, -0.2) is 35.5 Å². The van der Waals surface area contributed by atoms with E-state index in [-0.39, 0.29) is 0 Å². The summed E-state index contributed by atoms with van der Waals surface area (Å²) in [6, 6.07) is 2.87. The third kappa shape index (κ3) is 4.77. The van der Waals surface area contributed by atoms with Crippen molar-refractivity contribution in [1.29, 1.82) is 0 Å². The normalized spacial score (nSPS) is 14.9. The van der Waals surface area contributed by atoms with Crippen LogP contribution < -0.4 is 10.6 Å². The van der Waals surface area contributed by atoms with Gasteiger partial charge in [-0.15, -0.1) is 0 Å². The van der Waals surface area contributed by atoms with Gasteiger partial charge in [0.15, 0.2) is 0 Å². The first kappa shape index (κ1) is 13.2. The molecule has 4 heteroatoms. The van der Waals surface area contributed by atoms with Crippen LogP contribution in [0.3, 0.4) is 0 Å². The van der Waals surface area contributed by atoms with Gasteiger partial charge in [-0.1, -0.05) is 6.92 Å². The van der Waals surface area contributed by atoms with Gasteiger partial charge in [0.1, 0.15) is 0 Å². The molecule has 0 aliphatic carbocycles. The highest BCUT2D eigenvalue weighted by molar-refractivity contribution is 4.81. The van der Waals surface area contributed by atoms with E-state index in [1.807, 2.05) is 23.1 Å². The Kier molecular flexibility index (Phi) is 6.11. The van der Waals surface area contributed by atoms with E-state index < -0.39 is 0 Å². The van der Waals surface area contributed by atoms with Crippen LogP contribution in [0.2, 0.25) is 0 Å². The first-order chi connectivity index (χ1) is 7.74. The molecule has 92 valence electrons. The van der Waals surface area contributed by atoms with Gasteiger partial charge < -0.3 is 10.6 Å². The molecule has 0 radical (unpaired) electrons. The summed E-state index contributed by atoms with van der Waals surface area (Å²) in [5.41, 5.74) is 0. The van der Waals surface area contributed by atoms with Crippen LogP contribution in [-0.2, 0) is 0 Å². The summed E-state index contributed by atoms with van der Waals surface area (Å²) in [4.78, 5) is 0. The van der Waals surface area contributed by atoms with Crippen LogP contribution in [0.5, 0.6) is 0 Å². The highest BCUT2D eigenvalue weighted by Gasteiger charge is 2.06. The lowest BCUT2D eigenvalue weighted by Gasteiger charge is -2.18. The predicted molar refractivity (Wildman–Crippen MR) is 67.6 cm³/mol. The quantitative estimate of drug-likeness (QED) is 0.656. The zero-order valence-corrected chi connectivity index (χ0v) is 10.6. The zero-order valence-electron chi connectivity index (χ0n) is 10.6. The van der Waals surface area contributed by atoms with Crippen LogP contribution in [0.15, 0.2) is 18.5 Å². The fourth-order valence-corrected chi connectivity index (χ4v) is 1.57. The number of hydrogen-bond acceptors (Lipinski definition) is 3. The lowest BCUT2D eigenvalue weighted by atomic mass is 10.3. The van der Waals surface area contributed by atoms with Crippen molar-refractivity contribution >= 4 is 0 Å². The van der Waals surface area contributed by atoms with Crippen molar-refractivity contribution in [2.45, 2.75) is 39.3 Å². The van der Waals surface area contributed by atoms with E-state index in [0.717, 1.165) is 19.6 Å². The van der Waals surface area contributed by atoms with Crippen molar-refractivity contribution in [2.24, 2.45) is 0 Å². The summed E-state index contributed by atoms with van der Waals surface area (Å²) in [6.07, 6.45) is 5.02. The first-order valence-electron chi connectivity index (χ1n) is 6.17. The summed E-state index contributed by atoms with van der Waals surface area (Å²) in [5.74, 6) is 0. The zero-order chi connectivity index (χ0) is 11.8. The van der Waals surface area contributed by atoms with Crippen molar-refractivity contribution in [3.63, 3.8) is 0 Å². The third-order valence-corrected chi connectivity index (χ3v) is 2.62. The van der Waals surface area contributed by atoms with Crippen LogP contribution in [0.1, 0.15) is 33.2 Å². The molecule has 16 heavy (non-hydrogen) atoms. The lowest BCUT2D eigenvalue weighted by molar-refractivity contribution is 0.413. The summed E-state index contributed by atoms with van der Waals surface area (Å²) in [6.45, 7) is 9.65. The van der Waals surface area contributed by atoms with E-state index >= 15 is 0 Å². The van der Waals surface area contributed by atoms with Crippen molar-refractivity contribution in [2.75, 3.05) is 19.6 Å². The monoisotopic (exact) mass is 224 g/mol. The van der Waals surface area contributed by atoms with Crippen LogP contribution in [0, 0.1) is 0 Å². The molecule has 0 bridgehead atoms. The summed E-state index contributed by atoms with van der Waals surface area (Å²) in [7, 11) is 0. The Morgan fingerprint density at radius 3 is 2.75 bits per heavy atom. The summed E-state index contributed by atoms with van der Waals surface area (Å²) < 4.78 is 1.99. The second-order valence-corrected chi connectivity index (χ2v) is 4.35. The summed E-state index contributed by atoms with van der Waals surface area (Å²) in [5, 5.41) is 11.1. The minimum absolute atomic E-state index is 0.406. The number of nitrogens with zero attached hydrogens (tertiary/aromatic N) is 2. The van der Waals surface area contributed by atoms with Gasteiger partial charge in [0.25, 0.3) is 0 Å². The maximum absolute atomic E-state index is 4.23. The average Bonchev–Trinajstić information content (AvgIpc) is 2.79. The first-order valence-corrected chi connectivity index (χ1v) is 6.17. The number of aromatic nitrogens is 2. The molecule has 2 N–H and O–H groups in total. The minimum atomic E-state index is 0.406. The maximum Gasteiger partial charge on any atom is 0.0615 e. The average molecular weight is 224 g/mol. The molecule has 4 nitrogen and oxygen atoms in total. The Labute approximate surface area is 98.4 Å². The highest BCUT2D eigenvalue weighted by Crippen LogP contribution is 2.01. The van der Waals surface area contributed by atoms with E-state index in [1.54, 1.807) is 0 Å². The van der Waals surface area contributed by atoms with Gasteiger partial charge in [0, 0.05) is 31.5 Å². The maximum atomic E-state index is 4.23. The Hall–Kier alpha value is -0.870. The van der Waals surface area contributed by atoms with Gasteiger partial charge in [-0.2, -0.15) is 5.10 Å². The molecule has 1 aromatic rings. The molecule has 0 spiro atoms. The molecule has 0 aromatic carbocycles. The van der Waals surface area contributed by atoms with E-state index in [9.17, 15) is 0 Å². The third-order valence-electron chi connectivity index (χ3n) is 2.62. The molecule has 0 amide bonds. The second kappa shape index (κ2) is 7.41. The molecular weight excluding hydrogens is 200 g/mol. The number of rotatable bonds is 8. The fraction of sp³-hybridized carbons (Fsp3) is 0.750. The molecule has 1 aromatic heterocycles. The number of hydrogen-bond donors (Lipinski definition) is 2. The molecule has 1 rings (SSSR count). The molecular formula is C12H24N4. The molecule has 0 saturated carbocycles. The van der Waals surface area contributed by atoms with Gasteiger partial charge in [-0.3, -0.25) is 4.68 Å². The van der Waals surface area contributed by atoms with Crippen molar-refractivity contribution in [1.82, 2.24) is 20.4 Å². The van der Waals surface area contributed by atoms with Gasteiger partial charge in [0.05, 0.1) is 6.04 Å². The largest absolute Gasteiger partial charge is 0.315 e. The van der Waals surface area contributed by atoms with Crippen LogP contribution >= 0.6 is 0 Å². The smallest absolute Gasteiger partial charge is 0.0615 e. The molecule has 0 aliphatic rings. The number of nitrogens with one attached hydrogen (secondary N) is 2. The SMILES string of the molecule is CCCNCC(C)NCC(C)n1cccn1. The Morgan fingerprint density at radius 2 is 2.12 bits per heavy atom. The Bertz CT molecular complexity index is 258. The van der Waals surface area contributed by atoms with E-state index in [4.69, 9.17) is 0 Å². The standard InChI is InChI=1S/C12H24N4/c1-4-6-13-9-11(2)14-10-12(3)16-8-5-7-15-16/h5,7-8,11-14H,4,6,9-10H2,1-3H3. The molecule has 2 atom stereocenters. The van der Waals surface area contributed by atoms with Gasteiger partial charge in [-0.05, 0) is 32.9 Å². The van der Waals surface area contributed by atoms with Crippen LogP contribution in [0.25, 0.3) is 0 Å². The van der Waals surface area contributed by atoms with Crippen molar-refractivity contribution in [3.8, 4) is 0 Å². The fourth-order valence-electron chi connectivity index (χ4n) is 1.57. The Balaban J connectivity index is 2.14. The highest BCUT2D eigenvalue weighted by atomic mass is 15.3. The van der Waals surface area contributed by atoms with Gasteiger partial charge in [0.2, 0.25) is 0 Å². The molecule has 0 fully saturated rings. The molecule has 0 aliphatic heterocycles. The van der Waals surface area contributed by atoms with Crippen molar-refractivity contribution in [3.05, 3.63) is 18.5 Å². The van der Waals surface area contributed by atoms with Crippen molar-refractivity contribution < 1.29 is 0 Å². The Morgan fingerprint density at radius 1 is 1.31 bits per heavy atom. The predicted octanol–water partition coefficient (Wildman–Crippen LogP) is 1.42. The van der Waals surface area contributed by atoms with Crippen LogP contribution in [0.4, 0.5) is 0 Å². The topological polar surface area (TPSA) is 41.9 Å². The van der Waals surface area contributed by atoms with E-state index in [1.165, 1.54) is 6.42 Å².